The van der Waals surface area contributed by atoms with Crippen LogP contribution in [0.3, 0.4) is 0 Å². The van der Waals surface area contributed by atoms with Gasteiger partial charge in [-0.25, -0.2) is 0 Å². The molecule has 4 amide bonds. The van der Waals surface area contributed by atoms with E-state index in [9.17, 15) is 24.0 Å². The van der Waals surface area contributed by atoms with Gasteiger partial charge in [0.05, 0.1) is 30.8 Å². The first-order valence-corrected chi connectivity index (χ1v) is 14.2. The van der Waals surface area contributed by atoms with Crippen molar-refractivity contribution >= 4 is 29.4 Å². The first kappa shape index (κ1) is 32.0. The second-order valence-corrected chi connectivity index (χ2v) is 12.6. The monoisotopic (exact) mass is 572 g/mol. The smallest absolute Gasteiger partial charge is 0.287 e. The minimum atomic E-state index is -1.13. The molecule has 1 saturated heterocycles. The highest BCUT2D eigenvalue weighted by Gasteiger charge is 2.47. The number of carbonyl (C=O) groups is 5. The van der Waals surface area contributed by atoms with Gasteiger partial charge in [-0.2, -0.15) is 0 Å². The first-order valence-electron chi connectivity index (χ1n) is 14.2. The van der Waals surface area contributed by atoms with E-state index in [1.54, 1.807) is 6.07 Å². The van der Waals surface area contributed by atoms with Gasteiger partial charge < -0.3 is 30.7 Å². The van der Waals surface area contributed by atoms with E-state index in [1.807, 2.05) is 59.7 Å². The van der Waals surface area contributed by atoms with Crippen molar-refractivity contribution in [1.82, 2.24) is 15.5 Å². The normalized spacial score (nSPS) is 24.1. The summed E-state index contributed by atoms with van der Waals surface area (Å²) >= 11 is 0. The van der Waals surface area contributed by atoms with Crippen molar-refractivity contribution in [2.45, 2.75) is 103 Å². The van der Waals surface area contributed by atoms with Gasteiger partial charge in [-0.05, 0) is 43.4 Å². The molecule has 2 heterocycles. The Hall–Kier alpha value is -3.47. The molecule has 0 spiro atoms. The van der Waals surface area contributed by atoms with Gasteiger partial charge in [-0.3, -0.25) is 24.0 Å². The van der Waals surface area contributed by atoms with Gasteiger partial charge in [0.15, 0.2) is 0 Å². The molecule has 4 atom stereocenters. The fourth-order valence-corrected chi connectivity index (χ4v) is 5.25. The first-order chi connectivity index (χ1) is 19.1. The summed E-state index contributed by atoms with van der Waals surface area (Å²) in [5.74, 6) is -2.73. The Morgan fingerprint density at radius 2 is 1.93 bits per heavy atom. The molecule has 2 aliphatic rings. The van der Waals surface area contributed by atoms with Crippen LogP contribution in [0.5, 0.6) is 5.75 Å². The Morgan fingerprint density at radius 3 is 2.56 bits per heavy atom. The van der Waals surface area contributed by atoms with E-state index in [-0.39, 0.29) is 31.7 Å². The third kappa shape index (κ3) is 8.51. The number of nitrogens with two attached hydrogens (primary N) is 1. The van der Waals surface area contributed by atoms with Crippen LogP contribution in [0.25, 0.3) is 0 Å². The maximum absolute atomic E-state index is 14.1. The Kier molecular flexibility index (Phi) is 10.2. The zero-order valence-electron chi connectivity index (χ0n) is 25.0. The summed E-state index contributed by atoms with van der Waals surface area (Å²) in [6, 6.07) is 4.26. The van der Waals surface area contributed by atoms with Crippen LogP contribution < -0.4 is 21.1 Å². The zero-order chi connectivity index (χ0) is 30.5. The summed E-state index contributed by atoms with van der Waals surface area (Å²) in [5, 5.41) is 5.54. The Labute approximate surface area is 241 Å². The van der Waals surface area contributed by atoms with Crippen molar-refractivity contribution in [2.75, 3.05) is 13.2 Å². The van der Waals surface area contributed by atoms with E-state index >= 15 is 0 Å². The van der Waals surface area contributed by atoms with Gasteiger partial charge in [0, 0.05) is 19.4 Å². The average molecular weight is 573 g/mol. The minimum Gasteiger partial charge on any atom is -0.493 e. The van der Waals surface area contributed by atoms with E-state index in [1.165, 1.54) is 4.90 Å². The number of nitrogens with one attached hydrogen (secondary N) is 2. The van der Waals surface area contributed by atoms with Gasteiger partial charge in [0.2, 0.25) is 23.5 Å². The highest BCUT2D eigenvalue weighted by atomic mass is 16.5. The van der Waals surface area contributed by atoms with Gasteiger partial charge in [-0.1, -0.05) is 46.2 Å². The molecule has 2 aliphatic heterocycles. The highest BCUT2D eigenvalue weighted by molar-refractivity contribution is 6.37. The molecular weight excluding hydrogens is 528 g/mol. The van der Waals surface area contributed by atoms with E-state index in [0.29, 0.717) is 25.2 Å². The number of primary amides is 1. The Morgan fingerprint density at radius 1 is 1.22 bits per heavy atom. The fraction of sp³-hybridized carbons (Fsp3) is 0.633. The van der Waals surface area contributed by atoms with Crippen molar-refractivity contribution in [3.05, 3.63) is 29.8 Å². The summed E-state index contributed by atoms with van der Waals surface area (Å²) in [5.41, 5.74) is 4.63. The number of rotatable bonds is 6. The van der Waals surface area contributed by atoms with Gasteiger partial charge in [0.1, 0.15) is 17.8 Å². The number of amides is 4. The number of benzene rings is 1. The summed E-state index contributed by atoms with van der Waals surface area (Å²) in [7, 11) is 0. The van der Waals surface area contributed by atoms with E-state index in [4.69, 9.17) is 15.2 Å². The van der Waals surface area contributed by atoms with Crippen LogP contribution in [-0.2, 0) is 35.1 Å². The van der Waals surface area contributed by atoms with Crippen LogP contribution in [0.4, 0.5) is 0 Å². The number of ketones is 1. The molecule has 1 aromatic rings. The quantitative estimate of drug-likeness (QED) is 0.438. The SMILES string of the molecule is CCCC(NC(=O)C1C[C@@H]2CN1C(=O)[C@H](C(C)(C)C)NC(=O)Cc1cccc(c1)OCCC(C)(C)O2)C(=O)C(N)=O. The average Bonchev–Trinajstić information content (AvgIpc) is 3.28. The molecule has 0 aliphatic carbocycles. The van der Waals surface area contributed by atoms with E-state index in [2.05, 4.69) is 10.6 Å². The van der Waals surface area contributed by atoms with E-state index < -0.39 is 58.8 Å². The molecule has 4 bridgehead atoms. The third-order valence-corrected chi connectivity index (χ3v) is 7.44. The van der Waals surface area contributed by atoms with Gasteiger partial charge in [-0.15, -0.1) is 0 Å². The molecule has 2 unspecified atom stereocenters. The number of carbonyl (C=O) groups excluding carboxylic acids is 5. The highest BCUT2D eigenvalue weighted by Crippen LogP contribution is 2.30. The van der Waals surface area contributed by atoms with Crippen LogP contribution in [-0.4, -0.2) is 77.3 Å². The fourth-order valence-electron chi connectivity index (χ4n) is 5.25. The summed E-state index contributed by atoms with van der Waals surface area (Å²) in [4.78, 5) is 66.2. The van der Waals surface area contributed by atoms with Crippen LogP contribution in [0.1, 0.15) is 72.8 Å². The topological polar surface area (TPSA) is 157 Å². The lowest BCUT2D eigenvalue weighted by Crippen LogP contribution is -2.59. The Balaban J connectivity index is 1.97. The summed E-state index contributed by atoms with van der Waals surface area (Å²) in [6.07, 6.45) is 1.02. The molecule has 1 aromatic carbocycles. The standard InChI is InChI=1S/C30H44N4O7/c1-7-9-21(24(36)26(31)37)32-27(38)22-16-20-17-34(22)28(39)25(29(2,3)4)33-23(35)15-18-10-8-11-19(14-18)40-13-12-30(5,6)41-20/h8,10-11,14,20-22,25H,7,9,12-13,15-17H2,1-6H3,(H2,31,37)(H,32,38)(H,33,35)/t20-,21?,22?,25-/m1/s1. The molecule has 11 heteroatoms. The predicted octanol–water partition coefficient (Wildman–Crippen LogP) is 1.65. The number of ether oxygens (including phenoxy) is 2. The molecular formula is C30H44N4O7. The van der Waals surface area contributed by atoms with Crippen LogP contribution >= 0.6 is 0 Å². The van der Waals surface area contributed by atoms with E-state index in [0.717, 1.165) is 5.56 Å². The van der Waals surface area contributed by atoms with Crippen molar-refractivity contribution in [3.8, 4) is 5.75 Å². The van der Waals surface area contributed by atoms with Crippen LogP contribution in [0, 0.1) is 5.41 Å². The van der Waals surface area contributed by atoms with Gasteiger partial charge >= 0.3 is 0 Å². The van der Waals surface area contributed by atoms with Crippen molar-refractivity contribution in [1.29, 1.82) is 0 Å². The van der Waals surface area contributed by atoms with Crippen LogP contribution in [0.2, 0.25) is 0 Å². The molecule has 226 valence electrons. The predicted molar refractivity (Wildman–Crippen MR) is 152 cm³/mol. The van der Waals surface area contributed by atoms with Crippen LogP contribution in [0.15, 0.2) is 24.3 Å². The second-order valence-electron chi connectivity index (χ2n) is 12.6. The lowest BCUT2D eigenvalue weighted by atomic mass is 9.85. The molecule has 0 aromatic heterocycles. The molecule has 0 saturated carbocycles. The maximum atomic E-state index is 14.1. The lowest BCUT2D eigenvalue weighted by molar-refractivity contribution is -0.145. The summed E-state index contributed by atoms with van der Waals surface area (Å²) < 4.78 is 12.4. The van der Waals surface area contributed by atoms with Crippen molar-refractivity contribution < 1.29 is 33.4 Å². The largest absolute Gasteiger partial charge is 0.493 e. The molecule has 41 heavy (non-hydrogen) atoms. The molecule has 4 N–H and O–H groups in total. The second kappa shape index (κ2) is 13.0. The zero-order valence-corrected chi connectivity index (χ0v) is 25.0. The third-order valence-electron chi connectivity index (χ3n) is 7.44. The lowest BCUT2D eigenvalue weighted by Gasteiger charge is -2.36. The maximum Gasteiger partial charge on any atom is 0.287 e. The molecule has 3 rings (SSSR count). The minimum absolute atomic E-state index is 0.0477. The number of fused-ring (bicyclic) bond motifs is 4. The molecule has 11 nitrogen and oxygen atoms in total. The van der Waals surface area contributed by atoms with Crippen molar-refractivity contribution in [3.63, 3.8) is 0 Å². The molecule has 0 radical (unpaired) electrons. The number of Topliss-reactive ketones (excluding diaryl/α,β-unsaturated/α-hetero) is 1. The summed E-state index contributed by atoms with van der Waals surface area (Å²) in [6.45, 7) is 11.7. The Bertz CT molecular complexity index is 1160. The van der Waals surface area contributed by atoms with Gasteiger partial charge in [0.25, 0.3) is 5.91 Å². The number of nitrogens with zero attached hydrogens (tertiary/aromatic N) is 1. The number of hydrogen-bond acceptors (Lipinski definition) is 7. The molecule has 1 fully saturated rings. The van der Waals surface area contributed by atoms with Crippen molar-refractivity contribution in [2.24, 2.45) is 11.1 Å². The number of hydrogen-bond donors (Lipinski definition) is 3.